The van der Waals surface area contributed by atoms with E-state index in [4.69, 9.17) is 4.74 Å². The maximum Gasteiger partial charge on any atom is 0.169 e. The minimum atomic E-state index is -0.131. The van der Waals surface area contributed by atoms with Gasteiger partial charge in [-0.15, -0.1) is 0 Å². The molecule has 1 aliphatic heterocycles. The molecule has 0 aromatic heterocycles. The van der Waals surface area contributed by atoms with Crippen molar-refractivity contribution in [1.29, 1.82) is 0 Å². The molecule has 0 bridgehead atoms. The Balaban J connectivity index is 2.06. The maximum atomic E-state index is 11.5. The lowest BCUT2D eigenvalue weighted by molar-refractivity contribution is -0.107. The number of rotatable bonds is 4. The second kappa shape index (κ2) is 5.59. The molecule has 0 atom stereocenters. The molecule has 0 spiro atoms. The molecule has 1 saturated heterocycles. The molecule has 90 valence electrons. The highest BCUT2D eigenvalue weighted by atomic mass is 16.5. The second-order valence-corrected chi connectivity index (χ2v) is 3.94. The number of Topliss-reactive ketones (excluding diaryl/α,β-unsaturated/α-hetero) is 1. The van der Waals surface area contributed by atoms with Gasteiger partial charge in [-0.05, 0) is 24.3 Å². The van der Waals surface area contributed by atoms with Crippen molar-refractivity contribution in [3.8, 4) is 0 Å². The highest BCUT2D eigenvalue weighted by Gasteiger charge is 2.11. The van der Waals surface area contributed by atoms with Crippen LogP contribution in [0.2, 0.25) is 0 Å². The molecule has 1 aromatic carbocycles. The summed E-state index contributed by atoms with van der Waals surface area (Å²) in [4.78, 5) is 23.9. The van der Waals surface area contributed by atoms with Crippen molar-refractivity contribution in [1.82, 2.24) is 0 Å². The van der Waals surface area contributed by atoms with Gasteiger partial charge in [-0.3, -0.25) is 4.79 Å². The van der Waals surface area contributed by atoms with Crippen LogP contribution in [-0.4, -0.2) is 38.4 Å². The fraction of sp³-hybridized carbons (Fsp3) is 0.385. The molecular formula is C13H15NO3. The van der Waals surface area contributed by atoms with Gasteiger partial charge in [0.05, 0.1) is 19.6 Å². The minimum absolute atomic E-state index is 0.0447. The number of hydrogen-bond acceptors (Lipinski definition) is 4. The van der Waals surface area contributed by atoms with Crippen LogP contribution in [0.15, 0.2) is 24.3 Å². The lowest BCUT2D eigenvalue weighted by atomic mass is 10.1. The lowest BCUT2D eigenvalue weighted by Crippen LogP contribution is -2.36. The Hall–Kier alpha value is -1.68. The molecule has 2 rings (SSSR count). The van der Waals surface area contributed by atoms with Gasteiger partial charge in [-0.2, -0.15) is 0 Å². The highest BCUT2D eigenvalue weighted by Crippen LogP contribution is 2.17. The first kappa shape index (κ1) is 11.8. The van der Waals surface area contributed by atoms with Gasteiger partial charge >= 0.3 is 0 Å². The van der Waals surface area contributed by atoms with Gasteiger partial charge in [0.15, 0.2) is 5.78 Å². The van der Waals surface area contributed by atoms with Crippen LogP contribution in [0.3, 0.4) is 0 Å². The van der Waals surface area contributed by atoms with Crippen molar-refractivity contribution in [2.75, 3.05) is 31.2 Å². The molecule has 4 nitrogen and oxygen atoms in total. The van der Waals surface area contributed by atoms with Crippen LogP contribution in [0, 0.1) is 0 Å². The zero-order valence-electron chi connectivity index (χ0n) is 9.59. The third-order valence-corrected chi connectivity index (χ3v) is 2.83. The van der Waals surface area contributed by atoms with Crippen LogP contribution >= 0.6 is 0 Å². The van der Waals surface area contributed by atoms with Crippen molar-refractivity contribution in [2.24, 2.45) is 0 Å². The molecule has 1 aromatic rings. The standard InChI is InChI=1S/C13H15NO3/c15-8-5-13(16)11-1-3-12(4-2-11)14-6-9-17-10-7-14/h1-4,8H,5-7,9-10H2. The average Bonchev–Trinajstić information content (AvgIpc) is 2.40. The first-order valence-corrected chi connectivity index (χ1v) is 5.71. The molecule has 0 amide bonds. The van der Waals surface area contributed by atoms with Gasteiger partial charge < -0.3 is 14.4 Å². The number of aldehydes is 1. The normalized spacial score (nSPS) is 15.6. The van der Waals surface area contributed by atoms with E-state index in [1.54, 1.807) is 12.1 Å². The molecule has 0 radical (unpaired) electrons. The van der Waals surface area contributed by atoms with E-state index in [2.05, 4.69) is 4.90 Å². The molecule has 1 fully saturated rings. The zero-order valence-corrected chi connectivity index (χ0v) is 9.59. The fourth-order valence-electron chi connectivity index (χ4n) is 1.87. The topological polar surface area (TPSA) is 46.6 Å². The Labute approximate surface area is 100 Å². The quantitative estimate of drug-likeness (QED) is 0.446. The number of hydrogen-bond donors (Lipinski definition) is 0. The van der Waals surface area contributed by atoms with E-state index < -0.39 is 0 Å². The van der Waals surface area contributed by atoms with Gasteiger partial charge in [-0.25, -0.2) is 0 Å². The summed E-state index contributed by atoms with van der Waals surface area (Å²) in [6, 6.07) is 7.39. The average molecular weight is 233 g/mol. The third kappa shape index (κ3) is 2.91. The summed E-state index contributed by atoms with van der Waals surface area (Å²) in [6.45, 7) is 3.24. The molecular weight excluding hydrogens is 218 g/mol. The summed E-state index contributed by atoms with van der Waals surface area (Å²) in [5.74, 6) is -0.131. The summed E-state index contributed by atoms with van der Waals surface area (Å²) in [5.41, 5.74) is 1.69. The SMILES string of the molecule is O=CCC(=O)c1ccc(N2CCOCC2)cc1. The molecule has 0 unspecified atom stereocenters. The molecule has 1 heterocycles. The van der Waals surface area contributed by atoms with E-state index in [1.807, 2.05) is 12.1 Å². The zero-order chi connectivity index (χ0) is 12.1. The maximum absolute atomic E-state index is 11.5. The number of ketones is 1. The Morgan fingerprint density at radius 1 is 1.24 bits per heavy atom. The van der Waals surface area contributed by atoms with Gasteiger partial charge in [0.1, 0.15) is 6.29 Å². The summed E-state index contributed by atoms with van der Waals surface area (Å²) >= 11 is 0. The summed E-state index contributed by atoms with van der Waals surface area (Å²) in [7, 11) is 0. The molecule has 0 aliphatic carbocycles. The summed E-state index contributed by atoms with van der Waals surface area (Å²) < 4.78 is 5.28. The van der Waals surface area contributed by atoms with Crippen molar-refractivity contribution in [3.05, 3.63) is 29.8 Å². The van der Waals surface area contributed by atoms with Gasteiger partial charge in [0.25, 0.3) is 0 Å². The largest absolute Gasteiger partial charge is 0.378 e. The molecule has 1 aliphatic rings. The molecule has 0 saturated carbocycles. The van der Waals surface area contributed by atoms with Crippen LogP contribution in [0.1, 0.15) is 16.8 Å². The van der Waals surface area contributed by atoms with Crippen LogP contribution in [0.25, 0.3) is 0 Å². The van der Waals surface area contributed by atoms with E-state index in [0.717, 1.165) is 32.0 Å². The second-order valence-electron chi connectivity index (χ2n) is 3.94. The van der Waals surface area contributed by atoms with Crippen molar-refractivity contribution >= 4 is 17.8 Å². The van der Waals surface area contributed by atoms with Crippen LogP contribution in [0.4, 0.5) is 5.69 Å². The van der Waals surface area contributed by atoms with E-state index in [-0.39, 0.29) is 12.2 Å². The fourth-order valence-corrected chi connectivity index (χ4v) is 1.87. The van der Waals surface area contributed by atoms with Crippen LogP contribution in [-0.2, 0) is 9.53 Å². The Bertz CT molecular complexity index is 394. The number of ether oxygens (including phenoxy) is 1. The van der Waals surface area contributed by atoms with Crippen LogP contribution in [0.5, 0.6) is 0 Å². The van der Waals surface area contributed by atoms with Crippen LogP contribution < -0.4 is 4.90 Å². The molecule has 17 heavy (non-hydrogen) atoms. The lowest BCUT2D eigenvalue weighted by Gasteiger charge is -2.28. The van der Waals surface area contributed by atoms with E-state index >= 15 is 0 Å². The number of nitrogens with zero attached hydrogens (tertiary/aromatic N) is 1. The first-order chi connectivity index (χ1) is 8.31. The number of carbonyl (C=O) groups is 2. The highest BCUT2D eigenvalue weighted by molar-refractivity contribution is 6.02. The monoisotopic (exact) mass is 233 g/mol. The Kier molecular flexibility index (Phi) is 3.88. The number of anilines is 1. The van der Waals surface area contributed by atoms with E-state index in [1.165, 1.54) is 0 Å². The number of benzene rings is 1. The van der Waals surface area contributed by atoms with E-state index in [9.17, 15) is 9.59 Å². The summed E-state index contributed by atoms with van der Waals surface area (Å²) in [6.07, 6.45) is 0.592. The smallest absolute Gasteiger partial charge is 0.169 e. The van der Waals surface area contributed by atoms with Crippen molar-refractivity contribution in [2.45, 2.75) is 6.42 Å². The van der Waals surface area contributed by atoms with Crippen molar-refractivity contribution in [3.63, 3.8) is 0 Å². The molecule has 4 heteroatoms. The number of carbonyl (C=O) groups excluding carboxylic acids is 2. The first-order valence-electron chi connectivity index (χ1n) is 5.71. The van der Waals surface area contributed by atoms with Gasteiger partial charge in [0.2, 0.25) is 0 Å². The van der Waals surface area contributed by atoms with E-state index in [0.29, 0.717) is 11.8 Å². The Morgan fingerprint density at radius 2 is 1.88 bits per heavy atom. The van der Waals surface area contributed by atoms with Crippen molar-refractivity contribution < 1.29 is 14.3 Å². The Morgan fingerprint density at radius 3 is 2.47 bits per heavy atom. The molecule has 0 N–H and O–H groups in total. The van der Waals surface area contributed by atoms with Gasteiger partial charge in [0, 0.05) is 24.3 Å². The minimum Gasteiger partial charge on any atom is -0.378 e. The third-order valence-electron chi connectivity index (χ3n) is 2.83. The summed E-state index contributed by atoms with van der Waals surface area (Å²) in [5, 5.41) is 0. The number of morpholine rings is 1. The van der Waals surface area contributed by atoms with Gasteiger partial charge in [-0.1, -0.05) is 0 Å². The predicted octanol–water partition coefficient (Wildman–Crippen LogP) is 1.29. The predicted molar refractivity (Wildman–Crippen MR) is 64.5 cm³/mol.